The van der Waals surface area contributed by atoms with Crippen molar-refractivity contribution in [1.82, 2.24) is 5.32 Å². The van der Waals surface area contributed by atoms with Gasteiger partial charge in [0.15, 0.2) is 9.84 Å². The van der Waals surface area contributed by atoms with Crippen LogP contribution in [0.15, 0.2) is 0 Å². The number of nitrogens with one attached hydrogen (secondary N) is 1. The summed E-state index contributed by atoms with van der Waals surface area (Å²) in [7, 11) is -3.02. The van der Waals surface area contributed by atoms with Crippen LogP contribution in [0.3, 0.4) is 0 Å². The van der Waals surface area contributed by atoms with Gasteiger partial charge in [-0.3, -0.25) is 0 Å². The van der Waals surface area contributed by atoms with Crippen molar-refractivity contribution < 1.29 is 17.9 Å². The van der Waals surface area contributed by atoms with Gasteiger partial charge in [-0.25, -0.2) is 13.2 Å². The number of nitrogens with two attached hydrogens (primary N) is 1. The lowest BCUT2D eigenvalue weighted by molar-refractivity contribution is 0.0486. The second-order valence-corrected chi connectivity index (χ2v) is 7.88. The fourth-order valence-corrected chi connectivity index (χ4v) is 3.75. The van der Waals surface area contributed by atoms with E-state index < -0.39 is 21.5 Å². The molecule has 106 valence electrons. The van der Waals surface area contributed by atoms with Crippen molar-refractivity contribution in [2.75, 3.05) is 18.1 Å². The molecule has 7 heteroatoms. The van der Waals surface area contributed by atoms with E-state index in [4.69, 9.17) is 10.5 Å². The largest absolute Gasteiger partial charge is 0.444 e. The molecule has 0 unspecified atom stereocenters. The van der Waals surface area contributed by atoms with E-state index in [1.807, 2.05) is 0 Å². The van der Waals surface area contributed by atoms with Gasteiger partial charge >= 0.3 is 6.09 Å². The molecule has 0 saturated carbocycles. The number of sulfone groups is 1. The first kappa shape index (κ1) is 15.2. The maximum atomic E-state index is 11.6. The standard InChI is InChI=1S/C11H22N2O4S/c1-11(2,3)17-10(14)13-9-4-5-18(15,16)7-8(9)6-12/h8-9H,4-7,12H2,1-3H3,(H,13,14)/t8-,9+/m0/s1. The fraction of sp³-hybridized carbons (Fsp3) is 0.909. The van der Waals surface area contributed by atoms with E-state index in [0.717, 1.165) is 0 Å². The molecule has 1 saturated heterocycles. The van der Waals surface area contributed by atoms with E-state index in [1.165, 1.54) is 0 Å². The van der Waals surface area contributed by atoms with Crippen molar-refractivity contribution in [3.63, 3.8) is 0 Å². The summed E-state index contributed by atoms with van der Waals surface area (Å²) in [6, 6.07) is -0.228. The molecule has 1 heterocycles. The van der Waals surface area contributed by atoms with E-state index in [0.29, 0.717) is 6.42 Å². The van der Waals surface area contributed by atoms with Crippen LogP contribution in [0.25, 0.3) is 0 Å². The predicted molar refractivity (Wildman–Crippen MR) is 69.0 cm³/mol. The Morgan fingerprint density at radius 3 is 2.56 bits per heavy atom. The highest BCUT2D eigenvalue weighted by Gasteiger charge is 2.34. The molecule has 0 radical (unpaired) electrons. The van der Waals surface area contributed by atoms with Crippen molar-refractivity contribution in [1.29, 1.82) is 0 Å². The van der Waals surface area contributed by atoms with Gasteiger partial charge in [-0.15, -0.1) is 0 Å². The number of carbonyl (C=O) groups is 1. The summed E-state index contributed by atoms with van der Waals surface area (Å²) >= 11 is 0. The summed E-state index contributed by atoms with van der Waals surface area (Å²) in [6.45, 7) is 5.56. The number of rotatable bonds is 2. The highest BCUT2D eigenvalue weighted by molar-refractivity contribution is 7.91. The van der Waals surface area contributed by atoms with Gasteiger partial charge in [0.2, 0.25) is 0 Å². The normalized spacial score (nSPS) is 27.6. The lowest BCUT2D eigenvalue weighted by Crippen LogP contribution is -2.51. The first-order valence-corrected chi connectivity index (χ1v) is 7.85. The quantitative estimate of drug-likeness (QED) is 0.755. The molecule has 18 heavy (non-hydrogen) atoms. The first-order chi connectivity index (χ1) is 8.13. The number of carbonyl (C=O) groups excluding carboxylic acids is 1. The summed E-state index contributed by atoms with van der Waals surface area (Å²) in [6.07, 6.45) is -0.131. The maximum Gasteiger partial charge on any atom is 0.407 e. The molecular weight excluding hydrogens is 256 g/mol. The Morgan fingerprint density at radius 2 is 2.06 bits per heavy atom. The highest BCUT2D eigenvalue weighted by Crippen LogP contribution is 2.19. The topological polar surface area (TPSA) is 98.5 Å². The Bertz CT molecular complexity index is 400. The van der Waals surface area contributed by atoms with Crippen LogP contribution in [0.4, 0.5) is 4.79 Å². The third kappa shape index (κ3) is 4.81. The van der Waals surface area contributed by atoms with E-state index in [-0.39, 0.29) is 30.0 Å². The summed E-state index contributed by atoms with van der Waals surface area (Å²) in [5.74, 6) is -0.121. The molecule has 0 aromatic carbocycles. The lowest BCUT2D eigenvalue weighted by atomic mass is 9.99. The summed E-state index contributed by atoms with van der Waals surface area (Å²) in [5.41, 5.74) is 4.99. The second kappa shape index (κ2) is 5.44. The zero-order chi connectivity index (χ0) is 14.0. The second-order valence-electron chi connectivity index (χ2n) is 5.65. The highest BCUT2D eigenvalue weighted by atomic mass is 32.2. The van der Waals surface area contributed by atoms with E-state index >= 15 is 0 Å². The zero-order valence-corrected chi connectivity index (χ0v) is 11.9. The maximum absolute atomic E-state index is 11.6. The van der Waals surface area contributed by atoms with Crippen LogP contribution in [-0.4, -0.2) is 44.2 Å². The van der Waals surface area contributed by atoms with Crippen molar-refractivity contribution in [2.24, 2.45) is 11.7 Å². The average molecular weight is 278 g/mol. The smallest absolute Gasteiger partial charge is 0.407 e. The monoisotopic (exact) mass is 278 g/mol. The summed E-state index contributed by atoms with van der Waals surface area (Å²) in [4.78, 5) is 11.6. The van der Waals surface area contributed by atoms with Gasteiger partial charge in [0.05, 0.1) is 11.5 Å². The number of hydrogen-bond acceptors (Lipinski definition) is 5. The van der Waals surface area contributed by atoms with Crippen molar-refractivity contribution in [3.8, 4) is 0 Å². The van der Waals surface area contributed by atoms with Gasteiger partial charge < -0.3 is 15.8 Å². The molecule has 1 rings (SSSR count). The summed E-state index contributed by atoms with van der Waals surface area (Å²) < 4.78 is 28.1. The molecule has 0 bridgehead atoms. The van der Waals surface area contributed by atoms with Crippen LogP contribution in [0.2, 0.25) is 0 Å². The zero-order valence-electron chi connectivity index (χ0n) is 11.1. The predicted octanol–water partition coefficient (Wildman–Crippen LogP) is 0.273. The van der Waals surface area contributed by atoms with Crippen LogP contribution in [0, 0.1) is 5.92 Å². The number of hydrogen-bond donors (Lipinski definition) is 2. The van der Waals surface area contributed by atoms with Crippen molar-refractivity contribution >= 4 is 15.9 Å². The molecule has 6 nitrogen and oxygen atoms in total. The molecule has 0 spiro atoms. The Morgan fingerprint density at radius 1 is 1.44 bits per heavy atom. The molecule has 1 aliphatic heterocycles. The molecule has 1 fully saturated rings. The minimum Gasteiger partial charge on any atom is -0.444 e. The Hall–Kier alpha value is -0.820. The van der Waals surface area contributed by atoms with Crippen molar-refractivity contribution in [2.45, 2.75) is 38.8 Å². The Balaban J connectivity index is 2.59. The molecule has 1 aliphatic rings. The lowest BCUT2D eigenvalue weighted by Gasteiger charge is -2.31. The molecule has 0 aromatic heterocycles. The SMILES string of the molecule is CC(C)(C)OC(=O)N[C@@H]1CCS(=O)(=O)C[C@@H]1CN. The van der Waals surface area contributed by atoms with Gasteiger partial charge in [0, 0.05) is 12.0 Å². The minimum absolute atomic E-state index is 0.0317. The number of alkyl carbamates (subject to hydrolysis) is 1. The third-order valence-electron chi connectivity index (χ3n) is 2.78. The number of ether oxygens (including phenoxy) is 1. The van der Waals surface area contributed by atoms with Gasteiger partial charge in [-0.2, -0.15) is 0 Å². The van der Waals surface area contributed by atoms with Gasteiger partial charge in [-0.1, -0.05) is 0 Å². The van der Waals surface area contributed by atoms with Crippen molar-refractivity contribution in [3.05, 3.63) is 0 Å². The number of amides is 1. The third-order valence-corrected chi connectivity index (χ3v) is 4.58. The summed E-state index contributed by atoms with van der Waals surface area (Å²) in [5, 5.41) is 2.71. The molecule has 1 amide bonds. The van der Waals surface area contributed by atoms with Gasteiger partial charge in [0.25, 0.3) is 0 Å². The molecule has 0 aliphatic carbocycles. The van der Waals surface area contributed by atoms with E-state index in [2.05, 4.69) is 5.32 Å². The van der Waals surface area contributed by atoms with Crippen LogP contribution in [-0.2, 0) is 14.6 Å². The molecule has 2 atom stereocenters. The van der Waals surface area contributed by atoms with Crippen LogP contribution >= 0.6 is 0 Å². The van der Waals surface area contributed by atoms with Crippen LogP contribution < -0.4 is 11.1 Å². The van der Waals surface area contributed by atoms with E-state index in [1.54, 1.807) is 20.8 Å². The molecule has 0 aromatic rings. The first-order valence-electron chi connectivity index (χ1n) is 6.03. The molecule has 3 N–H and O–H groups in total. The van der Waals surface area contributed by atoms with Gasteiger partial charge in [-0.05, 0) is 33.7 Å². The minimum atomic E-state index is -3.02. The average Bonchev–Trinajstić information content (AvgIpc) is 2.17. The van der Waals surface area contributed by atoms with Crippen LogP contribution in [0.5, 0.6) is 0 Å². The van der Waals surface area contributed by atoms with Crippen LogP contribution in [0.1, 0.15) is 27.2 Å². The Labute approximate surface area is 108 Å². The Kier molecular flexibility index (Phi) is 4.61. The van der Waals surface area contributed by atoms with E-state index in [9.17, 15) is 13.2 Å². The van der Waals surface area contributed by atoms with Gasteiger partial charge in [0.1, 0.15) is 5.60 Å². The molecular formula is C11H22N2O4S. The fourth-order valence-electron chi connectivity index (χ4n) is 1.95.